The molecule has 0 aliphatic rings. The van der Waals surface area contributed by atoms with Gasteiger partial charge in [0.05, 0.1) is 15.7 Å². The predicted molar refractivity (Wildman–Crippen MR) is 101 cm³/mol. The van der Waals surface area contributed by atoms with Gasteiger partial charge in [-0.1, -0.05) is 18.5 Å². The molecule has 1 atom stereocenters. The van der Waals surface area contributed by atoms with Crippen LogP contribution < -0.4 is 0 Å². The van der Waals surface area contributed by atoms with Crippen molar-refractivity contribution in [2.75, 3.05) is 5.75 Å². The van der Waals surface area contributed by atoms with Gasteiger partial charge in [-0.2, -0.15) is 0 Å². The number of halogens is 2. The highest BCUT2D eigenvalue weighted by atomic mass is 127. The Labute approximate surface area is 150 Å². The summed E-state index contributed by atoms with van der Waals surface area (Å²) in [5, 5.41) is 1.61. The van der Waals surface area contributed by atoms with Crippen LogP contribution >= 0.6 is 34.2 Å². The third kappa shape index (κ3) is 2.84. The van der Waals surface area contributed by atoms with Gasteiger partial charge in [0.1, 0.15) is 5.58 Å². The van der Waals surface area contributed by atoms with E-state index in [4.69, 9.17) is 16.0 Å². The molecule has 3 aromatic rings. The molecule has 5 heteroatoms. The maximum atomic E-state index is 12.6. The first-order chi connectivity index (χ1) is 10.5. The molecule has 0 amide bonds. The van der Waals surface area contributed by atoms with E-state index >= 15 is 0 Å². The molecule has 0 aliphatic carbocycles. The van der Waals surface area contributed by atoms with Crippen LogP contribution in [-0.2, 0) is 10.8 Å². The molecule has 1 aromatic heterocycles. The minimum atomic E-state index is -1.10. The minimum absolute atomic E-state index is 0.555. The fourth-order valence-electron chi connectivity index (χ4n) is 2.47. The largest absolute Gasteiger partial charge is 0.454 e. The van der Waals surface area contributed by atoms with E-state index < -0.39 is 10.8 Å². The highest BCUT2D eigenvalue weighted by Gasteiger charge is 2.21. The van der Waals surface area contributed by atoms with Crippen LogP contribution in [-0.4, -0.2) is 9.96 Å². The number of aryl methyl sites for hydroxylation is 1. The molecule has 3 rings (SSSR count). The predicted octanol–water partition coefficient (Wildman–Crippen LogP) is 5.79. The maximum absolute atomic E-state index is 12.6. The molecule has 0 radical (unpaired) electrons. The molecular formula is C17H14ClIO2S. The number of hydrogen-bond acceptors (Lipinski definition) is 2. The van der Waals surface area contributed by atoms with Gasteiger partial charge in [0.15, 0.2) is 5.76 Å². The van der Waals surface area contributed by atoms with Crippen molar-refractivity contribution in [1.82, 2.24) is 0 Å². The first-order valence-electron chi connectivity index (χ1n) is 6.88. The molecule has 0 N–H and O–H groups in total. The first-order valence-corrected chi connectivity index (χ1v) is 9.65. The van der Waals surface area contributed by atoms with E-state index in [9.17, 15) is 4.21 Å². The normalized spacial score (nSPS) is 12.7. The van der Waals surface area contributed by atoms with Gasteiger partial charge in [-0.05, 0) is 71.5 Å². The minimum Gasteiger partial charge on any atom is -0.454 e. The van der Waals surface area contributed by atoms with Crippen molar-refractivity contribution < 1.29 is 8.63 Å². The summed E-state index contributed by atoms with van der Waals surface area (Å²) >= 11 is 8.24. The average Bonchev–Trinajstić information content (AvgIpc) is 2.87. The van der Waals surface area contributed by atoms with Gasteiger partial charge >= 0.3 is 0 Å². The number of fused-ring (bicyclic) bond motifs is 1. The van der Waals surface area contributed by atoms with Gasteiger partial charge in [-0.25, -0.2) is 0 Å². The number of rotatable bonds is 3. The second-order valence-corrected chi connectivity index (χ2v) is 8.36. The van der Waals surface area contributed by atoms with E-state index in [1.54, 1.807) is 0 Å². The Balaban J connectivity index is 2.36. The summed E-state index contributed by atoms with van der Waals surface area (Å²) < 4.78 is 19.8. The Hall–Kier alpha value is -0.850. The molecule has 22 heavy (non-hydrogen) atoms. The van der Waals surface area contributed by atoms with E-state index in [1.807, 2.05) is 44.2 Å². The number of furan rings is 1. The third-order valence-electron chi connectivity index (χ3n) is 3.49. The second kappa shape index (κ2) is 6.34. The summed E-state index contributed by atoms with van der Waals surface area (Å²) in [4.78, 5) is 0.779. The summed E-state index contributed by atoms with van der Waals surface area (Å²) in [6.45, 7) is 3.93. The zero-order valence-electron chi connectivity index (χ0n) is 12.2. The van der Waals surface area contributed by atoms with Crippen LogP contribution in [0.1, 0.15) is 12.5 Å². The Morgan fingerprint density at radius 2 is 1.91 bits per heavy atom. The van der Waals surface area contributed by atoms with Gasteiger partial charge in [-0.3, -0.25) is 4.21 Å². The fraction of sp³-hybridized carbons (Fsp3) is 0.176. The van der Waals surface area contributed by atoms with E-state index in [-0.39, 0.29) is 0 Å². The van der Waals surface area contributed by atoms with Crippen molar-refractivity contribution in [3.05, 3.63) is 50.6 Å². The summed E-state index contributed by atoms with van der Waals surface area (Å²) in [7, 11) is -1.10. The second-order valence-electron chi connectivity index (χ2n) is 5.00. The molecule has 2 nitrogen and oxygen atoms in total. The van der Waals surface area contributed by atoms with Gasteiger partial charge in [0.25, 0.3) is 0 Å². The quantitative estimate of drug-likeness (QED) is 0.478. The van der Waals surface area contributed by atoms with E-state index in [0.717, 1.165) is 30.6 Å². The molecule has 0 saturated carbocycles. The van der Waals surface area contributed by atoms with Crippen LogP contribution in [0.2, 0.25) is 5.02 Å². The lowest BCUT2D eigenvalue weighted by Gasteiger charge is -2.02. The molecule has 0 saturated heterocycles. The van der Waals surface area contributed by atoms with E-state index in [2.05, 4.69) is 28.7 Å². The molecule has 1 heterocycles. The Bertz CT molecular complexity index is 868. The SMILES string of the molecule is CC[S@@](=O)c1c(-c2ccc(Cl)cc2)oc2c(C)cc(I)cc12. The average molecular weight is 445 g/mol. The molecule has 2 aromatic carbocycles. The lowest BCUT2D eigenvalue weighted by Crippen LogP contribution is -1.95. The van der Waals surface area contributed by atoms with Crippen LogP contribution in [0, 0.1) is 10.5 Å². The molecule has 0 bridgehead atoms. The molecule has 0 spiro atoms. The number of benzene rings is 2. The Kier molecular flexibility index (Phi) is 4.61. The summed E-state index contributed by atoms with van der Waals surface area (Å²) in [6.07, 6.45) is 0. The monoisotopic (exact) mass is 444 g/mol. The lowest BCUT2D eigenvalue weighted by atomic mass is 10.1. The van der Waals surface area contributed by atoms with Crippen LogP contribution in [0.15, 0.2) is 45.7 Å². The summed E-state index contributed by atoms with van der Waals surface area (Å²) in [5.74, 6) is 1.23. The van der Waals surface area contributed by atoms with Crippen LogP contribution in [0.4, 0.5) is 0 Å². The molecule has 0 unspecified atom stereocenters. The maximum Gasteiger partial charge on any atom is 0.151 e. The lowest BCUT2D eigenvalue weighted by molar-refractivity contribution is 0.620. The van der Waals surface area contributed by atoms with Crippen LogP contribution in [0.5, 0.6) is 0 Å². The zero-order valence-corrected chi connectivity index (χ0v) is 15.9. The standard InChI is InChI=1S/C17H14ClIO2S/c1-3-22(20)17-14-9-13(19)8-10(2)15(14)21-16(17)11-4-6-12(18)7-5-11/h4-9H,3H2,1-2H3/t22-/m1/s1. The third-order valence-corrected chi connectivity index (χ3v) is 5.75. The van der Waals surface area contributed by atoms with Crippen molar-refractivity contribution in [1.29, 1.82) is 0 Å². The molecule has 114 valence electrons. The van der Waals surface area contributed by atoms with Gasteiger partial charge in [0.2, 0.25) is 0 Å². The molecule has 0 fully saturated rings. The van der Waals surface area contributed by atoms with Gasteiger partial charge in [-0.15, -0.1) is 0 Å². The molecule has 0 aliphatic heterocycles. The van der Waals surface area contributed by atoms with E-state index in [1.165, 1.54) is 0 Å². The van der Waals surface area contributed by atoms with Crippen molar-refractivity contribution in [3.8, 4) is 11.3 Å². The number of hydrogen-bond donors (Lipinski definition) is 0. The van der Waals surface area contributed by atoms with Crippen LogP contribution in [0.3, 0.4) is 0 Å². The zero-order chi connectivity index (χ0) is 15.9. The van der Waals surface area contributed by atoms with Crippen molar-refractivity contribution in [2.45, 2.75) is 18.7 Å². The van der Waals surface area contributed by atoms with Gasteiger partial charge in [0, 0.05) is 25.3 Å². The van der Waals surface area contributed by atoms with Crippen molar-refractivity contribution >= 4 is 56.0 Å². The Morgan fingerprint density at radius 3 is 2.55 bits per heavy atom. The smallest absolute Gasteiger partial charge is 0.151 e. The topological polar surface area (TPSA) is 30.2 Å². The highest BCUT2D eigenvalue weighted by molar-refractivity contribution is 14.1. The molecular weight excluding hydrogens is 431 g/mol. The highest BCUT2D eigenvalue weighted by Crippen LogP contribution is 2.38. The Morgan fingerprint density at radius 1 is 1.23 bits per heavy atom. The fourth-order valence-corrected chi connectivity index (χ4v) is 4.42. The summed E-state index contributed by atoms with van der Waals surface area (Å²) in [5.41, 5.74) is 2.76. The van der Waals surface area contributed by atoms with E-state index in [0.29, 0.717) is 16.5 Å². The summed E-state index contributed by atoms with van der Waals surface area (Å²) in [6, 6.07) is 11.5. The van der Waals surface area contributed by atoms with Gasteiger partial charge < -0.3 is 4.42 Å². The van der Waals surface area contributed by atoms with Crippen LogP contribution in [0.25, 0.3) is 22.3 Å². The first kappa shape index (κ1) is 16.0. The van der Waals surface area contributed by atoms with Crippen molar-refractivity contribution in [3.63, 3.8) is 0 Å². The van der Waals surface area contributed by atoms with Crippen molar-refractivity contribution in [2.24, 2.45) is 0 Å².